The summed E-state index contributed by atoms with van der Waals surface area (Å²) in [6.45, 7) is 12.7. The van der Waals surface area contributed by atoms with E-state index < -0.39 is 21.5 Å². The number of methoxy groups -OCH3 is 1. The number of carbonyl (C=O) groups excluding carboxylic acids is 1. The highest BCUT2D eigenvalue weighted by Gasteiger charge is 2.85. The summed E-state index contributed by atoms with van der Waals surface area (Å²) in [6, 6.07) is 21.2. The van der Waals surface area contributed by atoms with Crippen molar-refractivity contribution in [1.82, 2.24) is 4.15 Å². The van der Waals surface area contributed by atoms with Gasteiger partial charge in [-0.2, -0.15) is 0 Å². The van der Waals surface area contributed by atoms with Crippen LogP contribution in [0.2, 0.25) is 32.7 Å². The molecule has 1 saturated heterocycles. The van der Waals surface area contributed by atoms with Crippen LogP contribution in [0.3, 0.4) is 0 Å². The second kappa shape index (κ2) is 6.18. The Balaban J connectivity index is 2.27. The van der Waals surface area contributed by atoms with E-state index in [1.54, 1.807) is 7.11 Å². The molecule has 0 N–H and O–H groups in total. The summed E-state index contributed by atoms with van der Waals surface area (Å²) in [4.78, 5) is 13.4. The number of hydrogen-bond acceptors (Lipinski definition) is 2. The van der Waals surface area contributed by atoms with Crippen molar-refractivity contribution in [2.24, 2.45) is 0 Å². The van der Waals surface area contributed by atoms with E-state index in [-0.39, 0.29) is 5.97 Å². The molecule has 0 saturated carbocycles. The number of benzene rings is 2. The number of esters is 1. The first-order valence-electron chi connectivity index (χ1n) is 9.23. The van der Waals surface area contributed by atoms with Crippen molar-refractivity contribution >= 4 is 33.2 Å². The number of rotatable bonds is 5. The summed E-state index contributed by atoms with van der Waals surface area (Å²) in [6.07, 6.45) is 0. The fourth-order valence-corrected chi connectivity index (χ4v) is 13.6. The minimum Gasteiger partial charge on any atom is -0.465 e. The van der Waals surface area contributed by atoms with Gasteiger partial charge in [0.25, 0.3) is 8.24 Å². The average Bonchev–Trinajstić information content (AvgIpc) is 3.36. The maximum absolute atomic E-state index is 13.4. The highest BCUT2D eigenvalue weighted by Crippen LogP contribution is 2.57. The molecule has 1 heterocycles. The van der Waals surface area contributed by atoms with Crippen molar-refractivity contribution in [2.75, 3.05) is 13.7 Å². The summed E-state index contributed by atoms with van der Waals surface area (Å²) in [5.74, 6) is -0.0377. The average molecular weight is 385 g/mol. The largest absolute Gasteiger partial charge is 0.465 e. The minimum absolute atomic E-state index is 0.0377. The summed E-state index contributed by atoms with van der Waals surface area (Å²) in [5, 5.41) is 0.856. The Morgan fingerprint density at radius 3 is 1.88 bits per heavy atom. The van der Waals surface area contributed by atoms with Gasteiger partial charge < -0.3 is 8.89 Å². The molecule has 26 heavy (non-hydrogen) atoms. The maximum atomic E-state index is 13.4. The molecule has 3 nitrogen and oxygen atoms in total. The molecular formula is C21H30NO2Si2+. The first kappa shape index (κ1) is 19.1. The monoisotopic (exact) mass is 384 g/mol. The molecule has 0 aliphatic carbocycles. The quantitative estimate of drug-likeness (QED) is 0.444. The third-order valence-corrected chi connectivity index (χ3v) is 14.3. The summed E-state index contributed by atoms with van der Waals surface area (Å²) in [5.41, 5.74) is 1.26. The molecule has 1 aliphatic heterocycles. The summed E-state index contributed by atoms with van der Waals surface area (Å²) < 4.78 is 6.25. The van der Waals surface area contributed by atoms with Gasteiger partial charge in [-0.3, -0.25) is 0 Å². The molecule has 0 bridgehead atoms. The van der Waals surface area contributed by atoms with E-state index in [0.29, 0.717) is 0 Å². The molecule has 5 heteroatoms. The van der Waals surface area contributed by atoms with Gasteiger partial charge in [0.05, 0.1) is 7.11 Å². The molecule has 3 rings (SSSR count). The zero-order valence-corrected chi connectivity index (χ0v) is 18.7. The van der Waals surface area contributed by atoms with Crippen molar-refractivity contribution < 1.29 is 9.53 Å². The number of carbonyl (C=O) groups is 1. The lowest BCUT2D eigenvalue weighted by molar-refractivity contribution is -0.142. The summed E-state index contributed by atoms with van der Waals surface area (Å²) >= 11 is 0. The predicted molar refractivity (Wildman–Crippen MR) is 115 cm³/mol. The highest BCUT2D eigenvalue weighted by molar-refractivity contribution is 6.98. The third-order valence-electron chi connectivity index (χ3n) is 6.41. The number of para-hydroxylation sites is 1. The van der Waals surface area contributed by atoms with Gasteiger partial charge in [-0.25, -0.2) is 4.79 Å². The Hall–Kier alpha value is -1.70. The second-order valence-corrected chi connectivity index (χ2v) is 18.6. The number of ether oxygens (including phenoxy) is 1. The van der Waals surface area contributed by atoms with Crippen LogP contribution < -0.4 is 9.34 Å². The third kappa shape index (κ3) is 2.37. The van der Waals surface area contributed by atoms with Gasteiger partial charge in [0.1, 0.15) is 12.2 Å². The summed E-state index contributed by atoms with van der Waals surface area (Å²) in [7, 11) is -2.43. The van der Waals surface area contributed by atoms with Gasteiger partial charge in [-0.15, -0.1) is 0 Å². The van der Waals surface area contributed by atoms with E-state index in [1.807, 2.05) is 12.1 Å². The Morgan fingerprint density at radius 1 is 0.923 bits per heavy atom. The molecular weight excluding hydrogens is 354 g/mol. The zero-order valence-electron chi connectivity index (χ0n) is 16.7. The fourth-order valence-electron chi connectivity index (χ4n) is 4.91. The minimum atomic E-state index is -2.18. The molecule has 0 amide bonds. The lowest BCUT2D eigenvalue weighted by atomic mass is 10.3. The fraction of sp³-hybridized carbons (Fsp3) is 0.381. The number of hydrogen-bond donors (Lipinski definition) is 0. The van der Waals surface area contributed by atoms with E-state index in [4.69, 9.17) is 4.74 Å². The molecule has 2 atom stereocenters. The lowest BCUT2D eigenvalue weighted by Gasteiger charge is -2.41. The van der Waals surface area contributed by atoms with Crippen LogP contribution in [0.4, 0.5) is 5.69 Å². The molecule has 0 radical (unpaired) electrons. The molecule has 2 aromatic carbocycles. The van der Waals surface area contributed by atoms with Crippen LogP contribution in [-0.4, -0.2) is 41.1 Å². The van der Waals surface area contributed by atoms with Crippen molar-refractivity contribution in [2.45, 2.75) is 37.9 Å². The van der Waals surface area contributed by atoms with Crippen molar-refractivity contribution in [1.29, 1.82) is 0 Å². The SMILES string of the molecule is COC(=O)C1([Si](C)(C)c2ccccc2)C[N+]1(c1ccccc1)[Si](C)(C)C. The molecule has 1 fully saturated rings. The van der Waals surface area contributed by atoms with E-state index >= 15 is 0 Å². The van der Waals surface area contributed by atoms with Crippen molar-refractivity contribution in [3.8, 4) is 0 Å². The number of quaternary nitrogens is 1. The van der Waals surface area contributed by atoms with Gasteiger partial charge >= 0.3 is 5.97 Å². The molecule has 2 aromatic rings. The van der Waals surface area contributed by atoms with Crippen LogP contribution in [-0.2, 0) is 9.53 Å². The van der Waals surface area contributed by atoms with Crippen molar-refractivity contribution in [3.05, 3.63) is 60.7 Å². The van der Waals surface area contributed by atoms with E-state index in [9.17, 15) is 4.79 Å². The first-order valence-corrected chi connectivity index (χ1v) is 15.7. The molecule has 0 aromatic heterocycles. The molecule has 0 spiro atoms. The van der Waals surface area contributed by atoms with Gasteiger partial charge in [-0.05, 0) is 31.8 Å². The Labute approximate surface area is 159 Å². The van der Waals surface area contributed by atoms with Gasteiger partial charge in [-0.1, -0.05) is 66.8 Å². The van der Waals surface area contributed by atoms with Crippen LogP contribution in [0.1, 0.15) is 0 Å². The zero-order chi connectivity index (χ0) is 19.2. The van der Waals surface area contributed by atoms with Crippen LogP contribution in [0.25, 0.3) is 0 Å². The first-order chi connectivity index (χ1) is 12.1. The topological polar surface area (TPSA) is 26.3 Å². The molecule has 1 aliphatic rings. The maximum Gasteiger partial charge on any atom is 0.368 e. The smallest absolute Gasteiger partial charge is 0.368 e. The predicted octanol–water partition coefficient (Wildman–Crippen LogP) is 3.91. The van der Waals surface area contributed by atoms with E-state index in [2.05, 4.69) is 81.3 Å². The van der Waals surface area contributed by atoms with Gasteiger partial charge in [0.2, 0.25) is 5.16 Å². The van der Waals surface area contributed by atoms with Gasteiger partial charge in [0, 0.05) is 0 Å². The second-order valence-electron chi connectivity index (χ2n) is 8.82. The van der Waals surface area contributed by atoms with Crippen LogP contribution in [0, 0.1) is 0 Å². The lowest BCUT2D eigenvalue weighted by Crippen LogP contribution is -2.70. The van der Waals surface area contributed by atoms with Crippen LogP contribution in [0.5, 0.6) is 0 Å². The van der Waals surface area contributed by atoms with Crippen LogP contribution >= 0.6 is 0 Å². The van der Waals surface area contributed by atoms with E-state index in [0.717, 1.165) is 10.7 Å². The molecule has 138 valence electrons. The number of nitrogens with zero attached hydrogens (tertiary/aromatic N) is 1. The van der Waals surface area contributed by atoms with E-state index in [1.165, 1.54) is 10.9 Å². The Kier molecular flexibility index (Phi) is 4.54. The standard InChI is InChI=1S/C21H30NO2Si2/c1-24-20(23)21(26(5,6)19-15-11-8-12-16-19)17-22(21,25(2,3)4)18-13-9-7-10-14-18/h7-16H,17H2,1-6H3/q+1. The van der Waals surface area contributed by atoms with Crippen LogP contribution in [0.15, 0.2) is 60.7 Å². The normalized spacial score (nSPS) is 25.6. The van der Waals surface area contributed by atoms with Gasteiger partial charge in [0.15, 0.2) is 8.07 Å². The Bertz CT molecular complexity index is 802. The Morgan fingerprint density at radius 2 is 1.42 bits per heavy atom. The molecule has 2 unspecified atom stereocenters. The van der Waals surface area contributed by atoms with Crippen molar-refractivity contribution in [3.63, 3.8) is 0 Å². The highest BCUT2D eigenvalue weighted by atomic mass is 28.3.